The monoisotopic (exact) mass is 693 g/mol. The van der Waals surface area contributed by atoms with Crippen LogP contribution < -0.4 is 35.9 Å². The number of ether oxygens (including phenoxy) is 1. The van der Waals surface area contributed by atoms with E-state index in [1.54, 1.807) is 0 Å². The summed E-state index contributed by atoms with van der Waals surface area (Å²) in [6.45, 7) is -0.248. The molecule has 0 radical (unpaired) electrons. The molecule has 0 saturated carbocycles. The predicted octanol–water partition coefficient (Wildman–Crippen LogP) is 6.13. The van der Waals surface area contributed by atoms with E-state index in [-0.39, 0.29) is 0 Å². The van der Waals surface area contributed by atoms with Crippen molar-refractivity contribution >= 4 is 75.1 Å². The van der Waals surface area contributed by atoms with Crippen LogP contribution in [0.1, 0.15) is 4.11 Å². The molecule has 0 amide bonds. The Bertz CT molecular complexity index is 2850. The van der Waals surface area contributed by atoms with Gasteiger partial charge < -0.3 is 4.74 Å². The highest BCUT2D eigenvalue weighted by molar-refractivity contribution is 7.20. The van der Waals surface area contributed by atoms with Gasteiger partial charge in [0.15, 0.2) is 8.07 Å². The largest absolute Gasteiger partial charge is 0.458 e. The van der Waals surface area contributed by atoms with E-state index >= 15 is 0 Å². The van der Waals surface area contributed by atoms with Crippen LogP contribution in [0, 0.1) is 0 Å². The summed E-state index contributed by atoms with van der Waals surface area (Å²) in [5.74, 6) is 2.81. The highest BCUT2D eigenvalue weighted by Crippen LogP contribution is 2.31. The van der Waals surface area contributed by atoms with E-state index in [9.17, 15) is 0 Å². The molecule has 1 atom stereocenters. The number of benzene rings is 6. The maximum atomic E-state index is 9.02. The van der Waals surface area contributed by atoms with Crippen molar-refractivity contribution in [3.63, 3.8) is 0 Å². The molecular weight excluding hydrogens is 657 g/mol. The fourth-order valence-electron chi connectivity index (χ4n) is 8.25. The maximum Gasteiger partial charge on any atom is 0.221 e. The van der Waals surface area contributed by atoms with E-state index in [0.717, 1.165) is 64.8 Å². The molecule has 244 valence electrons. The second kappa shape index (κ2) is 11.2. The number of fused-ring (bicyclic) bond motifs is 7. The van der Waals surface area contributed by atoms with Gasteiger partial charge in [0.05, 0.1) is 22.1 Å². The Balaban J connectivity index is 1.32. The van der Waals surface area contributed by atoms with E-state index in [0.29, 0.717) is 11.5 Å². The number of rotatable bonds is 5. The smallest absolute Gasteiger partial charge is 0.221 e. The topological polar surface area (TPSA) is 44.4 Å². The summed E-state index contributed by atoms with van der Waals surface area (Å²) < 4.78 is 38.4. The summed E-state index contributed by atoms with van der Waals surface area (Å²) in [6.07, 6.45) is 1.90. The van der Waals surface area contributed by atoms with Gasteiger partial charge in [-0.15, -0.1) is 0 Å². The van der Waals surface area contributed by atoms with Crippen molar-refractivity contribution in [2.45, 2.75) is 13.0 Å². The minimum Gasteiger partial charge on any atom is -0.458 e. The van der Waals surface area contributed by atoms with E-state index < -0.39 is 22.6 Å². The lowest BCUT2D eigenvalue weighted by Gasteiger charge is -2.40. The molecule has 0 N–H and O–H groups in total. The molecule has 51 heavy (non-hydrogen) atoms. The quantitative estimate of drug-likeness (QED) is 0.161. The number of hydrogen-bond donors (Lipinski definition) is 0. The SMILES string of the molecule is [2H]C([2H])([2H])[Si]1(C)c2ccccc2Oc2c([Si](c3ccccc3)(c3ccccc3)c3ccnc(-n4c5ccccc5n5c6ccccc6nc45)c3)cccc21. The van der Waals surface area contributed by atoms with Crippen molar-refractivity contribution in [2.75, 3.05) is 0 Å². The number of pyridine rings is 1. The lowest BCUT2D eigenvalue weighted by molar-refractivity contribution is 0.490. The molecule has 1 aliphatic heterocycles. The van der Waals surface area contributed by atoms with Crippen molar-refractivity contribution in [3.05, 3.63) is 170 Å². The van der Waals surface area contributed by atoms with E-state index in [2.05, 4.69) is 106 Å². The minimum atomic E-state index is -3.35. The second-order valence-electron chi connectivity index (χ2n) is 13.4. The summed E-state index contributed by atoms with van der Waals surface area (Å²) in [5.41, 5.74) is 3.99. The van der Waals surface area contributed by atoms with Crippen molar-refractivity contribution < 1.29 is 8.85 Å². The first-order valence-electron chi connectivity index (χ1n) is 18.7. The Morgan fingerprint density at radius 1 is 0.627 bits per heavy atom. The van der Waals surface area contributed by atoms with E-state index in [1.165, 1.54) is 0 Å². The molecule has 0 aliphatic carbocycles. The summed E-state index contributed by atoms with van der Waals surface area (Å²) in [5, 5.41) is 5.97. The Morgan fingerprint density at radius 3 is 2.04 bits per heavy atom. The summed E-state index contributed by atoms with van der Waals surface area (Å²) in [4.78, 5) is 10.2. The van der Waals surface area contributed by atoms with Gasteiger partial charge in [-0.2, -0.15) is 0 Å². The predicted molar refractivity (Wildman–Crippen MR) is 214 cm³/mol. The molecule has 0 bridgehead atoms. The lowest BCUT2D eigenvalue weighted by atomic mass is 10.3. The maximum absolute atomic E-state index is 9.02. The molecule has 0 fully saturated rings. The Hall–Kier alpha value is -6.03. The van der Waals surface area contributed by atoms with Gasteiger partial charge in [-0.05, 0) is 73.6 Å². The molecular formula is C44H34N4OSi2. The number of aromatic nitrogens is 4. The molecule has 1 unspecified atom stereocenters. The molecule has 0 saturated heterocycles. The van der Waals surface area contributed by atoms with Crippen LogP contribution in [0.5, 0.6) is 11.5 Å². The lowest BCUT2D eigenvalue weighted by Crippen LogP contribution is -2.75. The summed E-state index contributed by atoms with van der Waals surface area (Å²) in [6, 6.07) is 56.1. The van der Waals surface area contributed by atoms with Gasteiger partial charge in [0.25, 0.3) is 0 Å². The van der Waals surface area contributed by atoms with Crippen LogP contribution >= 0.6 is 0 Å². The molecule has 10 rings (SSSR count). The van der Waals surface area contributed by atoms with Crippen molar-refractivity contribution in [1.82, 2.24) is 18.9 Å². The molecule has 4 heterocycles. The van der Waals surface area contributed by atoms with Gasteiger partial charge in [0, 0.05) is 10.3 Å². The number of nitrogens with zero attached hydrogens (tertiary/aromatic N) is 4. The fourth-order valence-corrected chi connectivity index (χ4v) is 15.7. The fraction of sp³-hybridized carbons (Fsp3) is 0.0455. The van der Waals surface area contributed by atoms with Crippen molar-refractivity contribution in [1.29, 1.82) is 0 Å². The highest BCUT2D eigenvalue weighted by Gasteiger charge is 2.47. The van der Waals surface area contributed by atoms with Crippen LogP contribution in [-0.2, 0) is 0 Å². The van der Waals surface area contributed by atoms with Gasteiger partial charge in [-0.25, -0.2) is 9.97 Å². The first-order valence-corrected chi connectivity index (χ1v) is 21.7. The average molecular weight is 694 g/mol. The third-order valence-electron chi connectivity index (χ3n) is 10.5. The first kappa shape index (κ1) is 26.8. The van der Waals surface area contributed by atoms with Gasteiger partial charge >= 0.3 is 0 Å². The number of para-hydroxylation sites is 6. The number of imidazole rings is 2. The molecule has 3 aromatic heterocycles. The molecule has 7 heteroatoms. The van der Waals surface area contributed by atoms with Crippen LogP contribution in [0.15, 0.2) is 170 Å². The summed E-state index contributed by atoms with van der Waals surface area (Å²) >= 11 is 0. The van der Waals surface area contributed by atoms with Crippen LogP contribution in [0.25, 0.3) is 33.7 Å². The Labute approximate surface area is 302 Å². The Morgan fingerprint density at radius 2 is 1.27 bits per heavy atom. The van der Waals surface area contributed by atoms with Crippen LogP contribution in [0.4, 0.5) is 0 Å². The zero-order valence-corrected chi connectivity index (χ0v) is 29.9. The van der Waals surface area contributed by atoms with E-state index in [1.807, 2.05) is 79.5 Å². The first-order chi connectivity index (χ1) is 26.3. The third kappa shape index (κ3) is 4.25. The van der Waals surface area contributed by atoms with Crippen molar-refractivity contribution in [3.8, 4) is 17.3 Å². The van der Waals surface area contributed by atoms with Crippen LogP contribution in [0.2, 0.25) is 13.0 Å². The van der Waals surface area contributed by atoms with Gasteiger partial charge in [0.2, 0.25) is 5.78 Å². The van der Waals surface area contributed by atoms with E-state index in [4.69, 9.17) is 18.8 Å². The Kier molecular flexibility index (Phi) is 5.91. The number of hydrogen-bond acceptors (Lipinski definition) is 3. The molecule has 1 aliphatic rings. The second-order valence-corrected chi connectivity index (χ2v) is 20.4. The zero-order valence-electron chi connectivity index (χ0n) is 30.9. The molecule has 9 aromatic rings. The van der Waals surface area contributed by atoms with Crippen LogP contribution in [-0.4, -0.2) is 35.1 Å². The highest BCUT2D eigenvalue weighted by atomic mass is 28.3. The van der Waals surface area contributed by atoms with Gasteiger partial charge in [-0.1, -0.05) is 134 Å². The zero-order chi connectivity index (χ0) is 36.7. The van der Waals surface area contributed by atoms with Gasteiger partial charge in [-0.3, -0.25) is 8.97 Å². The van der Waals surface area contributed by atoms with Crippen LogP contribution in [0.3, 0.4) is 0 Å². The standard InChI is InChI=1S/C44H34N4OSi2/c1-50(2)39-25-14-13-24-38(39)49-43-40(50)26-15-27-41(43)51(31-16-5-3-6-17-31,32-18-7-4-8-19-32)33-28-29-45-42(30-33)48-37-23-12-11-22-36(37)47-35-21-10-9-20-34(35)46-44(47)48/h3-30H,1-2H3/i1D3. The molecule has 6 aromatic carbocycles. The minimum absolute atomic E-state index is 0.620. The average Bonchev–Trinajstić information content (AvgIpc) is 3.74. The third-order valence-corrected chi connectivity index (χ3v) is 18.3. The molecule has 0 spiro atoms. The molecule has 5 nitrogen and oxygen atoms in total. The van der Waals surface area contributed by atoms with Crippen molar-refractivity contribution in [2.24, 2.45) is 0 Å². The normalized spacial score (nSPS) is 16.6. The summed E-state index contributed by atoms with van der Waals surface area (Å²) in [7, 11) is -6.65. The van der Waals surface area contributed by atoms with Gasteiger partial charge in [0.1, 0.15) is 25.4 Å².